The molecule has 1 aliphatic rings. The summed E-state index contributed by atoms with van der Waals surface area (Å²) >= 11 is 2.74. The van der Waals surface area contributed by atoms with E-state index >= 15 is 0 Å². The van der Waals surface area contributed by atoms with Gasteiger partial charge < -0.3 is 20.1 Å². The molecule has 1 amide bonds. The third kappa shape index (κ3) is 6.21. The summed E-state index contributed by atoms with van der Waals surface area (Å²) in [4.78, 5) is 12.0. The van der Waals surface area contributed by atoms with Crippen molar-refractivity contribution in [3.63, 3.8) is 0 Å². The predicted molar refractivity (Wildman–Crippen MR) is 98.8 cm³/mol. The lowest BCUT2D eigenvalue weighted by atomic mass is 10.2. The molecule has 1 heterocycles. The highest BCUT2D eigenvalue weighted by Crippen LogP contribution is 2.31. The van der Waals surface area contributed by atoms with Crippen molar-refractivity contribution in [3.05, 3.63) is 23.8 Å². The molecule has 1 aliphatic carbocycles. The second kappa shape index (κ2) is 9.18. The van der Waals surface area contributed by atoms with Gasteiger partial charge in [-0.25, -0.2) is 0 Å². The maximum absolute atomic E-state index is 12.3. The summed E-state index contributed by atoms with van der Waals surface area (Å²) in [6.07, 6.45) is 2.31. The Morgan fingerprint density at radius 2 is 2.19 bits per heavy atom. The van der Waals surface area contributed by atoms with Gasteiger partial charge in [0.05, 0.1) is 12.9 Å². The van der Waals surface area contributed by atoms with Gasteiger partial charge in [-0.1, -0.05) is 29.2 Å². The highest BCUT2D eigenvalue weighted by atomic mass is 32.2. The number of rotatable bonds is 10. The van der Waals surface area contributed by atoms with E-state index in [1.807, 2.05) is 0 Å². The van der Waals surface area contributed by atoms with Crippen LogP contribution in [0.15, 0.2) is 22.5 Å². The number of benzene rings is 1. The van der Waals surface area contributed by atoms with Crippen LogP contribution in [0.1, 0.15) is 18.4 Å². The van der Waals surface area contributed by atoms with Crippen LogP contribution in [0.3, 0.4) is 0 Å². The van der Waals surface area contributed by atoms with Crippen LogP contribution in [0.5, 0.6) is 11.5 Å². The van der Waals surface area contributed by atoms with Gasteiger partial charge in [0.2, 0.25) is 11.0 Å². The van der Waals surface area contributed by atoms with Gasteiger partial charge in [0.1, 0.15) is 0 Å². The molecular formula is C16H18F2N4O3S2. The number of nitrogens with zero attached hydrogens (tertiary/aromatic N) is 2. The van der Waals surface area contributed by atoms with Crippen LogP contribution in [-0.4, -0.2) is 41.6 Å². The highest BCUT2D eigenvalue weighted by Gasteiger charge is 2.22. The summed E-state index contributed by atoms with van der Waals surface area (Å²) in [7, 11) is 1.36. The fraction of sp³-hybridized carbons (Fsp3) is 0.438. The third-order valence-corrected chi connectivity index (χ3v) is 5.56. The van der Waals surface area contributed by atoms with E-state index in [0.717, 1.165) is 22.3 Å². The van der Waals surface area contributed by atoms with Crippen molar-refractivity contribution in [1.29, 1.82) is 0 Å². The molecule has 0 saturated heterocycles. The summed E-state index contributed by atoms with van der Waals surface area (Å²) in [6, 6.07) is 5.03. The van der Waals surface area contributed by atoms with Crippen LogP contribution in [0, 0.1) is 0 Å². The van der Waals surface area contributed by atoms with Gasteiger partial charge in [0.25, 0.3) is 0 Å². The Morgan fingerprint density at radius 1 is 1.37 bits per heavy atom. The molecule has 0 bridgehead atoms. The number of halogens is 2. The number of carbonyl (C=O) groups excluding carboxylic acids is 1. The molecular weight excluding hydrogens is 398 g/mol. The number of aromatic nitrogens is 2. The van der Waals surface area contributed by atoms with E-state index in [9.17, 15) is 13.6 Å². The molecule has 2 N–H and O–H groups in total. The van der Waals surface area contributed by atoms with Crippen LogP contribution in [0.25, 0.3) is 0 Å². The number of methoxy groups -OCH3 is 1. The smallest absolute Gasteiger partial charge is 0.387 e. The minimum absolute atomic E-state index is 0.0509. The van der Waals surface area contributed by atoms with Gasteiger partial charge >= 0.3 is 6.61 Å². The number of thioether (sulfide) groups is 1. The maximum atomic E-state index is 12.3. The molecule has 1 saturated carbocycles. The monoisotopic (exact) mass is 416 g/mol. The lowest BCUT2D eigenvalue weighted by Gasteiger charge is -2.11. The number of ether oxygens (including phenoxy) is 2. The van der Waals surface area contributed by atoms with E-state index in [1.165, 1.54) is 36.3 Å². The normalized spacial score (nSPS) is 13.5. The molecule has 0 radical (unpaired) electrons. The number of hydrogen-bond donors (Lipinski definition) is 2. The Balaban J connectivity index is 1.44. The van der Waals surface area contributed by atoms with Crippen molar-refractivity contribution in [3.8, 4) is 11.5 Å². The van der Waals surface area contributed by atoms with Crippen molar-refractivity contribution in [1.82, 2.24) is 15.5 Å². The van der Waals surface area contributed by atoms with Crippen LogP contribution in [-0.2, 0) is 11.3 Å². The van der Waals surface area contributed by atoms with E-state index in [2.05, 4.69) is 25.6 Å². The van der Waals surface area contributed by atoms with Gasteiger partial charge in [-0.05, 0) is 30.5 Å². The fourth-order valence-electron chi connectivity index (χ4n) is 2.12. The van der Waals surface area contributed by atoms with Gasteiger partial charge in [-0.3, -0.25) is 4.79 Å². The zero-order valence-electron chi connectivity index (χ0n) is 14.4. The first kappa shape index (κ1) is 19.6. The van der Waals surface area contributed by atoms with Crippen molar-refractivity contribution in [2.45, 2.75) is 36.4 Å². The van der Waals surface area contributed by atoms with Gasteiger partial charge in [0, 0.05) is 12.6 Å². The Kier molecular flexibility index (Phi) is 6.67. The molecule has 1 fully saturated rings. The molecule has 1 aromatic heterocycles. The molecule has 11 heteroatoms. The molecule has 146 valence electrons. The van der Waals surface area contributed by atoms with E-state index in [4.69, 9.17) is 4.74 Å². The average Bonchev–Trinajstić information content (AvgIpc) is 3.34. The second-order valence-corrected chi connectivity index (χ2v) is 7.92. The quantitative estimate of drug-likeness (QED) is 0.576. The number of alkyl halides is 2. The SMILES string of the molecule is COc1cc(CNC(=O)CSc2nnc(NC3CC3)s2)ccc1OC(F)F. The molecule has 0 atom stereocenters. The van der Waals surface area contributed by atoms with E-state index in [-0.39, 0.29) is 29.7 Å². The summed E-state index contributed by atoms with van der Waals surface area (Å²) < 4.78 is 34.8. The molecule has 0 unspecified atom stereocenters. The lowest BCUT2D eigenvalue weighted by molar-refractivity contribution is -0.118. The van der Waals surface area contributed by atoms with Gasteiger partial charge in [-0.2, -0.15) is 8.78 Å². The number of amides is 1. The van der Waals surface area contributed by atoms with E-state index < -0.39 is 6.61 Å². The van der Waals surface area contributed by atoms with Gasteiger partial charge in [0.15, 0.2) is 15.8 Å². The Bertz CT molecular complexity index is 787. The average molecular weight is 416 g/mol. The summed E-state index contributed by atoms with van der Waals surface area (Å²) in [5.74, 6) is 0.173. The molecule has 27 heavy (non-hydrogen) atoms. The third-order valence-electron chi connectivity index (χ3n) is 3.57. The largest absolute Gasteiger partial charge is 0.493 e. The van der Waals surface area contributed by atoms with Crippen LogP contribution >= 0.6 is 23.1 Å². The molecule has 2 aromatic rings. The molecule has 0 aliphatic heterocycles. The minimum Gasteiger partial charge on any atom is -0.493 e. The van der Waals surface area contributed by atoms with Crippen molar-refractivity contribution in [2.75, 3.05) is 18.2 Å². The van der Waals surface area contributed by atoms with Crippen LogP contribution in [0.4, 0.5) is 13.9 Å². The summed E-state index contributed by atoms with van der Waals surface area (Å²) in [5.41, 5.74) is 0.707. The molecule has 7 nitrogen and oxygen atoms in total. The van der Waals surface area contributed by atoms with Crippen molar-refractivity contribution in [2.24, 2.45) is 0 Å². The zero-order valence-corrected chi connectivity index (χ0v) is 16.0. The minimum atomic E-state index is -2.93. The van der Waals surface area contributed by atoms with Crippen LogP contribution in [0.2, 0.25) is 0 Å². The summed E-state index contributed by atoms with van der Waals surface area (Å²) in [6.45, 7) is -2.68. The zero-order chi connectivity index (χ0) is 19.2. The lowest BCUT2D eigenvalue weighted by Crippen LogP contribution is -2.24. The summed E-state index contributed by atoms with van der Waals surface area (Å²) in [5, 5.41) is 14.9. The molecule has 1 aromatic carbocycles. The van der Waals surface area contributed by atoms with E-state index in [1.54, 1.807) is 12.1 Å². The topological polar surface area (TPSA) is 85.4 Å². The number of nitrogens with one attached hydrogen (secondary N) is 2. The van der Waals surface area contributed by atoms with E-state index in [0.29, 0.717) is 11.6 Å². The maximum Gasteiger partial charge on any atom is 0.387 e. The Morgan fingerprint density at radius 3 is 2.89 bits per heavy atom. The fourth-order valence-corrected chi connectivity index (χ4v) is 3.78. The first-order valence-corrected chi connectivity index (χ1v) is 9.95. The first-order chi connectivity index (χ1) is 13.0. The molecule has 0 spiro atoms. The van der Waals surface area contributed by atoms with Crippen LogP contribution < -0.4 is 20.1 Å². The number of hydrogen-bond acceptors (Lipinski definition) is 8. The van der Waals surface area contributed by atoms with Crippen molar-refractivity contribution >= 4 is 34.1 Å². The van der Waals surface area contributed by atoms with Gasteiger partial charge in [-0.15, -0.1) is 10.2 Å². The highest BCUT2D eigenvalue weighted by molar-refractivity contribution is 8.01. The number of anilines is 1. The number of carbonyl (C=O) groups is 1. The Labute approximate surface area is 162 Å². The standard InChI is InChI=1S/C16H18F2N4O3S2/c1-24-12-6-9(2-5-11(12)25-14(17)18)7-19-13(23)8-26-16-22-21-15(27-16)20-10-3-4-10/h2,5-6,10,14H,3-4,7-8H2,1H3,(H,19,23)(H,20,21). The van der Waals surface area contributed by atoms with Crippen molar-refractivity contribution < 1.29 is 23.0 Å². The molecule has 3 rings (SSSR count). The predicted octanol–water partition coefficient (Wildman–Crippen LogP) is 3.13. The Hall–Kier alpha value is -2.14. The second-order valence-electron chi connectivity index (χ2n) is 5.72. The first-order valence-electron chi connectivity index (χ1n) is 8.14.